The Balaban J connectivity index is 1.22. The van der Waals surface area contributed by atoms with E-state index in [-0.39, 0.29) is 5.91 Å². The van der Waals surface area contributed by atoms with Crippen molar-refractivity contribution < 1.29 is 14.4 Å². The van der Waals surface area contributed by atoms with Gasteiger partial charge in [-0.25, -0.2) is 0 Å². The quantitative estimate of drug-likeness (QED) is 0.639. The number of aliphatic hydroxyl groups excluding tert-OH is 1. The molecule has 0 radical (unpaired) electrons. The predicted octanol–water partition coefficient (Wildman–Crippen LogP) is 1.94. The third-order valence-corrected chi connectivity index (χ3v) is 5.28. The lowest BCUT2D eigenvalue weighted by Crippen LogP contribution is -2.49. The first-order valence-electron chi connectivity index (χ1n) is 10.1. The smallest absolute Gasteiger partial charge is 0.227 e. The summed E-state index contributed by atoms with van der Waals surface area (Å²) in [6.07, 6.45) is 3.60. The normalized spacial score (nSPS) is 15.8. The molecule has 3 heterocycles. The van der Waals surface area contributed by atoms with Crippen LogP contribution in [0.25, 0.3) is 11.4 Å². The van der Waals surface area contributed by atoms with E-state index in [2.05, 4.69) is 20.0 Å². The van der Waals surface area contributed by atoms with Gasteiger partial charge in [0.2, 0.25) is 17.6 Å². The maximum absolute atomic E-state index is 12.6. The van der Waals surface area contributed by atoms with Crippen LogP contribution in [-0.4, -0.2) is 68.7 Å². The lowest BCUT2D eigenvalue weighted by Gasteiger charge is -2.35. The molecule has 1 N–H and O–H groups in total. The third-order valence-electron chi connectivity index (χ3n) is 5.28. The number of aromatic nitrogens is 3. The number of aliphatic hydroxyl groups is 1. The summed E-state index contributed by atoms with van der Waals surface area (Å²) in [5.41, 5.74) is 1.70. The van der Waals surface area contributed by atoms with Gasteiger partial charge in [0.05, 0.1) is 6.10 Å². The first-order valence-corrected chi connectivity index (χ1v) is 10.1. The second-order valence-corrected chi connectivity index (χ2v) is 7.36. The molecule has 1 atom stereocenters. The first kappa shape index (κ1) is 20.2. The molecular formula is C22H25N5O3. The zero-order valence-electron chi connectivity index (χ0n) is 16.7. The van der Waals surface area contributed by atoms with Crippen molar-refractivity contribution in [1.82, 2.24) is 24.9 Å². The van der Waals surface area contributed by atoms with Crippen molar-refractivity contribution in [1.29, 1.82) is 0 Å². The minimum Gasteiger partial charge on any atom is -0.387 e. The number of β-amino-alcohol motifs (C(OH)–C–C–N with tert-alkyl or cyclic N) is 1. The minimum absolute atomic E-state index is 0.0828. The summed E-state index contributed by atoms with van der Waals surface area (Å²) < 4.78 is 5.26. The van der Waals surface area contributed by atoms with Gasteiger partial charge in [-0.15, -0.1) is 0 Å². The molecule has 1 unspecified atom stereocenters. The summed E-state index contributed by atoms with van der Waals surface area (Å²) in [6, 6.07) is 13.3. The van der Waals surface area contributed by atoms with Crippen LogP contribution in [0.15, 0.2) is 59.4 Å². The van der Waals surface area contributed by atoms with Crippen molar-refractivity contribution in [3.8, 4) is 11.4 Å². The molecule has 0 bridgehead atoms. The summed E-state index contributed by atoms with van der Waals surface area (Å²) in [6.45, 7) is 3.39. The molecule has 30 heavy (non-hydrogen) atoms. The van der Waals surface area contributed by atoms with Gasteiger partial charge < -0.3 is 14.5 Å². The van der Waals surface area contributed by atoms with Gasteiger partial charge in [-0.3, -0.25) is 14.7 Å². The SMILES string of the molecule is O=C(CCc1nc(-c2cccnc2)no1)N1CCN(CC(O)c2ccccc2)CC1. The monoisotopic (exact) mass is 407 g/mol. The molecule has 4 rings (SSSR count). The van der Waals surface area contributed by atoms with Gasteiger partial charge in [-0.05, 0) is 17.7 Å². The van der Waals surface area contributed by atoms with E-state index >= 15 is 0 Å². The molecule has 0 spiro atoms. The Morgan fingerprint density at radius 3 is 2.63 bits per heavy atom. The van der Waals surface area contributed by atoms with Crippen LogP contribution in [0.2, 0.25) is 0 Å². The lowest BCUT2D eigenvalue weighted by molar-refractivity contribution is -0.133. The maximum Gasteiger partial charge on any atom is 0.227 e. The molecule has 8 heteroatoms. The number of hydrogen-bond acceptors (Lipinski definition) is 7. The van der Waals surface area contributed by atoms with Crippen molar-refractivity contribution in [3.63, 3.8) is 0 Å². The highest BCUT2D eigenvalue weighted by atomic mass is 16.5. The van der Waals surface area contributed by atoms with Crippen LogP contribution < -0.4 is 0 Å². The van der Waals surface area contributed by atoms with E-state index in [0.29, 0.717) is 44.2 Å². The second-order valence-electron chi connectivity index (χ2n) is 7.36. The number of hydrogen-bond donors (Lipinski definition) is 1. The van der Waals surface area contributed by atoms with Crippen molar-refractivity contribution >= 4 is 5.91 Å². The highest BCUT2D eigenvalue weighted by Crippen LogP contribution is 2.17. The Morgan fingerprint density at radius 2 is 1.90 bits per heavy atom. The Bertz CT molecular complexity index is 940. The van der Waals surface area contributed by atoms with Crippen molar-refractivity contribution in [2.45, 2.75) is 18.9 Å². The van der Waals surface area contributed by atoms with Gasteiger partial charge in [-0.2, -0.15) is 4.98 Å². The summed E-state index contributed by atoms with van der Waals surface area (Å²) in [7, 11) is 0. The van der Waals surface area contributed by atoms with Crippen molar-refractivity contribution in [3.05, 3.63) is 66.3 Å². The summed E-state index contributed by atoms with van der Waals surface area (Å²) in [5.74, 6) is 1.02. The van der Waals surface area contributed by atoms with E-state index in [1.54, 1.807) is 12.4 Å². The van der Waals surface area contributed by atoms with Crippen LogP contribution in [0.1, 0.15) is 24.0 Å². The molecule has 3 aromatic rings. The van der Waals surface area contributed by atoms with Crippen molar-refractivity contribution in [2.75, 3.05) is 32.7 Å². The molecule has 1 aliphatic rings. The number of nitrogens with zero attached hydrogens (tertiary/aromatic N) is 5. The highest BCUT2D eigenvalue weighted by molar-refractivity contribution is 5.76. The molecule has 1 fully saturated rings. The maximum atomic E-state index is 12.6. The van der Waals surface area contributed by atoms with Crippen molar-refractivity contribution in [2.24, 2.45) is 0 Å². The molecule has 8 nitrogen and oxygen atoms in total. The van der Waals surface area contributed by atoms with E-state index in [1.165, 1.54) is 0 Å². The number of carbonyl (C=O) groups is 1. The topological polar surface area (TPSA) is 95.6 Å². The molecule has 1 aromatic carbocycles. The number of piperazine rings is 1. The molecule has 0 saturated carbocycles. The van der Waals surface area contributed by atoms with Gasteiger partial charge in [0.1, 0.15) is 0 Å². The van der Waals surface area contributed by atoms with Crippen LogP contribution in [0.4, 0.5) is 0 Å². The van der Waals surface area contributed by atoms with E-state index in [4.69, 9.17) is 4.52 Å². The Labute approximate surface area is 175 Å². The fourth-order valence-corrected chi connectivity index (χ4v) is 3.55. The van der Waals surface area contributed by atoms with Crippen LogP contribution >= 0.6 is 0 Å². The van der Waals surface area contributed by atoms with E-state index < -0.39 is 6.10 Å². The van der Waals surface area contributed by atoms with Crippen LogP contribution in [0, 0.1) is 0 Å². The number of rotatable bonds is 7. The standard InChI is InChI=1S/C22H25N5O3/c28-19(17-5-2-1-3-6-17)16-26-11-13-27(14-12-26)21(29)9-8-20-24-22(25-30-20)18-7-4-10-23-15-18/h1-7,10,15,19,28H,8-9,11-14,16H2. The molecule has 1 amide bonds. The fourth-order valence-electron chi connectivity index (χ4n) is 3.55. The predicted molar refractivity (Wildman–Crippen MR) is 110 cm³/mol. The largest absolute Gasteiger partial charge is 0.387 e. The van der Waals surface area contributed by atoms with Crippen LogP contribution in [0.3, 0.4) is 0 Å². The average Bonchev–Trinajstić information content (AvgIpc) is 3.28. The number of aryl methyl sites for hydroxylation is 1. The van der Waals surface area contributed by atoms with Crippen LogP contribution in [0.5, 0.6) is 0 Å². The zero-order chi connectivity index (χ0) is 20.8. The van der Waals surface area contributed by atoms with Gasteiger partial charge in [-0.1, -0.05) is 35.5 Å². The number of carbonyl (C=O) groups excluding carboxylic acids is 1. The first-order chi connectivity index (χ1) is 14.7. The Hall–Kier alpha value is -3.10. The molecule has 2 aromatic heterocycles. The zero-order valence-corrected chi connectivity index (χ0v) is 16.7. The van der Waals surface area contributed by atoms with Gasteiger partial charge in [0, 0.05) is 63.5 Å². The lowest BCUT2D eigenvalue weighted by atomic mass is 10.1. The highest BCUT2D eigenvalue weighted by Gasteiger charge is 2.23. The Kier molecular flexibility index (Phi) is 6.46. The van der Waals surface area contributed by atoms with E-state index in [1.807, 2.05) is 47.4 Å². The second kappa shape index (κ2) is 9.60. The summed E-state index contributed by atoms with van der Waals surface area (Å²) >= 11 is 0. The number of pyridine rings is 1. The molecule has 156 valence electrons. The van der Waals surface area contributed by atoms with Gasteiger partial charge in [0.15, 0.2) is 0 Å². The van der Waals surface area contributed by atoms with E-state index in [0.717, 1.165) is 24.2 Å². The summed E-state index contributed by atoms with van der Waals surface area (Å²) in [4.78, 5) is 25.0. The Morgan fingerprint density at radius 1 is 1.10 bits per heavy atom. The third kappa shape index (κ3) is 5.08. The summed E-state index contributed by atoms with van der Waals surface area (Å²) in [5, 5.41) is 14.4. The fraction of sp³-hybridized carbons (Fsp3) is 0.364. The van der Waals surface area contributed by atoms with Gasteiger partial charge >= 0.3 is 0 Å². The molecule has 0 aliphatic carbocycles. The minimum atomic E-state index is -0.514. The number of benzene rings is 1. The van der Waals surface area contributed by atoms with E-state index in [9.17, 15) is 9.90 Å². The molecule has 1 saturated heterocycles. The van der Waals surface area contributed by atoms with Crippen LogP contribution in [-0.2, 0) is 11.2 Å². The number of amides is 1. The van der Waals surface area contributed by atoms with Gasteiger partial charge in [0.25, 0.3) is 0 Å². The average molecular weight is 407 g/mol. The molecular weight excluding hydrogens is 382 g/mol. The molecule has 1 aliphatic heterocycles.